The molecule has 0 unspecified atom stereocenters. The van der Waals surface area contributed by atoms with E-state index >= 15 is 0 Å². The molecule has 10 heteroatoms. The largest absolute Gasteiger partial charge is 0.462 e. The summed E-state index contributed by atoms with van der Waals surface area (Å²) >= 11 is 0. The molecule has 1 N–H and O–H groups in total. The minimum Gasteiger partial charge on any atom is -0.462 e. The molecule has 3 heterocycles. The number of nitrogens with zero attached hydrogens (tertiary/aromatic N) is 6. The molecule has 2 aromatic heterocycles. The lowest BCUT2D eigenvalue weighted by atomic mass is 10.1. The molecule has 1 aliphatic rings. The van der Waals surface area contributed by atoms with Crippen LogP contribution < -0.4 is 0 Å². The Morgan fingerprint density at radius 3 is 2.23 bits per heavy atom. The van der Waals surface area contributed by atoms with E-state index in [9.17, 15) is 4.79 Å². The van der Waals surface area contributed by atoms with Gasteiger partial charge in [0, 0.05) is 51.5 Å². The molecule has 1 aliphatic heterocycles. The minimum atomic E-state index is -0.168. The third-order valence-corrected chi connectivity index (χ3v) is 8.13. The summed E-state index contributed by atoms with van der Waals surface area (Å²) in [6, 6.07) is 8.78. The monoisotopic (exact) mass is 607 g/mol. The van der Waals surface area contributed by atoms with Crippen molar-refractivity contribution in [2.75, 3.05) is 45.9 Å². The molecule has 0 amide bonds. The molecule has 44 heavy (non-hydrogen) atoms. The molecule has 1 aromatic carbocycles. The normalized spacial score (nSPS) is 15.2. The Balaban J connectivity index is 1.34. The fourth-order valence-corrected chi connectivity index (χ4v) is 5.82. The number of carbonyl (C=O) groups is 1. The third-order valence-electron chi connectivity index (χ3n) is 8.13. The molecular formula is C34H53N7O3. The number of H-pyrrole nitrogens is 1. The van der Waals surface area contributed by atoms with Crippen LogP contribution in [0.4, 0.5) is 0 Å². The van der Waals surface area contributed by atoms with Crippen molar-refractivity contribution in [1.29, 1.82) is 0 Å². The summed E-state index contributed by atoms with van der Waals surface area (Å²) in [6.45, 7) is 13.1. The van der Waals surface area contributed by atoms with Crippen LogP contribution in [0.2, 0.25) is 0 Å². The van der Waals surface area contributed by atoms with Crippen LogP contribution in [0.5, 0.6) is 0 Å². The average Bonchev–Trinajstić information content (AvgIpc) is 3.80. The van der Waals surface area contributed by atoms with Crippen LogP contribution in [0, 0.1) is 0 Å². The lowest BCUT2D eigenvalue weighted by molar-refractivity contribution is -0.148. The van der Waals surface area contributed by atoms with E-state index in [4.69, 9.17) is 9.47 Å². The minimum absolute atomic E-state index is 0.0489. The number of aryl methyl sites for hydroxylation is 1. The number of unbranched alkanes of at least 4 members (excludes halogenated alkanes) is 1. The molecular weight excluding hydrogens is 554 g/mol. The maximum Gasteiger partial charge on any atom is 0.320 e. The average molecular weight is 608 g/mol. The molecule has 0 spiro atoms. The molecule has 1 atom stereocenters. The van der Waals surface area contributed by atoms with E-state index in [1.807, 2.05) is 25.6 Å². The predicted molar refractivity (Wildman–Crippen MR) is 173 cm³/mol. The highest BCUT2D eigenvalue weighted by Gasteiger charge is 2.19. The molecule has 0 bridgehead atoms. The lowest BCUT2D eigenvalue weighted by Gasteiger charge is -2.24. The molecule has 4 rings (SSSR count). The van der Waals surface area contributed by atoms with Gasteiger partial charge in [-0.05, 0) is 75.8 Å². The Morgan fingerprint density at radius 2 is 1.64 bits per heavy atom. The van der Waals surface area contributed by atoms with Gasteiger partial charge in [-0.15, -0.1) is 0 Å². The van der Waals surface area contributed by atoms with Gasteiger partial charge in [-0.1, -0.05) is 38.1 Å². The van der Waals surface area contributed by atoms with Crippen LogP contribution in [-0.2, 0) is 47.5 Å². The zero-order valence-electron chi connectivity index (χ0n) is 27.1. The highest BCUT2D eigenvalue weighted by molar-refractivity contribution is 5.71. The van der Waals surface area contributed by atoms with Gasteiger partial charge in [0.1, 0.15) is 18.3 Å². The fraction of sp³-hybridized carbons (Fsp3) is 0.618. The van der Waals surface area contributed by atoms with Gasteiger partial charge in [-0.25, -0.2) is 9.97 Å². The fourth-order valence-electron chi connectivity index (χ4n) is 5.82. The number of aromatic nitrogens is 4. The highest BCUT2D eigenvalue weighted by Crippen LogP contribution is 2.15. The first-order valence-electron chi connectivity index (χ1n) is 16.5. The summed E-state index contributed by atoms with van der Waals surface area (Å²) in [5, 5.41) is 0. The Morgan fingerprint density at radius 1 is 0.932 bits per heavy atom. The van der Waals surface area contributed by atoms with Crippen molar-refractivity contribution in [3.05, 3.63) is 71.8 Å². The summed E-state index contributed by atoms with van der Waals surface area (Å²) < 4.78 is 13.3. The second-order valence-electron chi connectivity index (χ2n) is 12.0. The van der Waals surface area contributed by atoms with Crippen LogP contribution >= 0.6 is 0 Å². The summed E-state index contributed by atoms with van der Waals surface area (Å²) in [6.07, 6.45) is 14.1. The number of carbonyl (C=O) groups excluding carboxylic acids is 1. The molecule has 10 nitrogen and oxygen atoms in total. The number of rotatable bonds is 21. The van der Waals surface area contributed by atoms with Crippen molar-refractivity contribution in [1.82, 2.24) is 34.2 Å². The van der Waals surface area contributed by atoms with Crippen LogP contribution in [0.25, 0.3) is 0 Å². The number of hydrogen-bond acceptors (Lipinski definition) is 8. The van der Waals surface area contributed by atoms with Crippen molar-refractivity contribution in [2.45, 2.75) is 84.7 Å². The number of benzene rings is 1. The van der Waals surface area contributed by atoms with Gasteiger partial charge in [0.2, 0.25) is 0 Å². The van der Waals surface area contributed by atoms with Crippen LogP contribution in [0.15, 0.2) is 49.1 Å². The Bertz CT molecular complexity index is 1190. The van der Waals surface area contributed by atoms with E-state index in [0.717, 1.165) is 83.2 Å². The first-order chi connectivity index (χ1) is 21.5. The topological polar surface area (TPSA) is 91.8 Å². The van der Waals surface area contributed by atoms with E-state index in [1.54, 1.807) is 6.20 Å². The third kappa shape index (κ3) is 11.8. The van der Waals surface area contributed by atoms with E-state index in [0.29, 0.717) is 26.2 Å². The molecule has 3 aromatic rings. The smallest absolute Gasteiger partial charge is 0.320 e. The maximum atomic E-state index is 12.8. The highest BCUT2D eigenvalue weighted by atomic mass is 16.6. The summed E-state index contributed by atoms with van der Waals surface area (Å²) in [7, 11) is 2.03. The van der Waals surface area contributed by atoms with Crippen molar-refractivity contribution < 1.29 is 14.3 Å². The molecule has 242 valence electrons. The summed E-state index contributed by atoms with van der Waals surface area (Å²) in [5.74, 6) is 1.78. The van der Waals surface area contributed by atoms with Gasteiger partial charge in [-0.3, -0.25) is 14.6 Å². The van der Waals surface area contributed by atoms with Crippen molar-refractivity contribution in [3.8, 4) is 0 Å². The van der Waals surface area contributed by atoms with E-state index in [2.05, 4.69) is 72.3 Å². The van der Waals surface area contributed by atoms with Gasteiger partial charge < -0.3 is 23.9 Å². The molecule has 0 radical (unpaired) electrons. The van der Waals surface area contributed by atoms with Gasteiger partial charge >= 0.3 is 5.97 Å². The second-order valence-corrected chi connectivity index (χ2v) is 12.0. The van der Waals surface area contributed by atoms with E-state index in [-0.39, 0.29) is 12.1 Å². The molecule has 0 saturated carbocycles. The second kappa shape index (κ2) is 18.7. The van der Waals surface area contributed by atoms with Crippen molar-refractivity contribution >= 4 is 5.97 Å². The number of esters is 1. The zero-order valence-corrected chi connectivity index (χ0v) is 27.1. The van der Waals surface area contributed by atoms with Crippen LogP contribution in [-0.4, -0.2) is 92.2 Å². The van der Waals surface area contributed by atoms with Gasteiger partial charge in [-0.2, -0.15) is 0 Å². The number of nitrogens with one attached hydrogen (secondary N) is 1. The number of imidazole rings is 2. The van der Waals surface area contributed by atoms with Gasteiger partial charge in [0.05, 0.1) is 25.7 Å². The van der Waals surface area contributed by atoms with Gasteiger partial charge in [0.25, 0.3) is 0 Å². The number of aromatic amines is 1. The SMILES string of the molecule is CCCN(CCC)CCCCN(CC(=O)OC[C@H]1CCCO1)Cc1ccc(CN(Cc2ncc[nH]2)Cc2nccn2C)cc1. The van der Waals surface area contributed by atoms with E-state index < -0.39 is 0 Å². The summed E-state index contributed by atoms with van der Waals surface area (Å²) in [4.78, 5) is 32.1. The van der Waals surface area contributed by atoms with Crippen molar-refractivity contribution in [3.63, 3.8) is 0 Å². The standard InChI is InChI=1S/C34H53N7O3/c1-4-17-39(18-5-2)19-6-7-20-40(27-34(42)44-28-31-9-8-22-43-31)23-29-10-12-30(13-11-29)24-41(25-32-35-14-15-36-32)26-33-37-16-21-38(33)3/h10-16,21,31H,4-9,17-20,22-28H2,1-3H3,(H,35,36)/t31-/m1/s1. The van der Waals surface area contributed by atoms with Gasteiger partial charge in [0.15, 0.2) is 0 Å². The first-order valence-corrected chi connectivity index (χ1v) is 16.5. The number of hydrogen-bond donors (Lipinski definition) is 1. The van der Waals surface area contributed by atoms with E-state index in [1.165, 1.54) is 24.0 Å². The Labute approximate surface area is 263 Å². The van der Waals surface area contributed by atoms with Crippen molar-refractivity contribution in [2.24, 2.45) is 7.05 Å². The quantitative estimate of drug-likeness (QED) is 0.137. The predicted octanol–water partition coefficient (Wildman–Crippen LogP) is 4.77. The Hall–Kier alpha value is -3.05. The van der Waals surface area contributed by atoms with Crippen LogP contribution in [0.3, 0.4) is 0 Å². The summed E-state index contributed by atoms with van der Waals surface area (Å²) in [5.41, 5.74) is 2.42. The zero-order chi connectivity index (χ0) is 31.0. The maximum absolute atomic E-state index is 12.8. The van der Waals surface area contributed by atoms with Crippen LogP contribution in [0.1, 0.15) is 75.1 Å². The Kier molecular flexibility index (Phi) is 14.4. The number of ether oxygens (including phenoxy) is 2. The lowest BCUT2D eigenvalue weighted by Crippen LogP contribution is -2.33. The molecule has 1 saturated heterocycles. The molecule has 0 aliphatic carbocycles. The molecule has 1 fully saturated rings. The first kappa shape index (κ1) is 33.8.